The smallest absolute Gasteiger partial charge is 0.144 e. The van der Waals surface area contributed by atoms with Gasteiger partial charge in [-0.15, -0.1) is 0 Å². The Bertz CT molecular complexity index is 809. The largest absolute Gasteiger partial charge is 0.364 e. The fraction of sp³-hybridized carbons (Fsp3) is 0. The van der Waals surface area contributed by atoms with Gasteiger partial charge in [0.2, 0.25) is 0 Å². The van der Waals surface area contributed by atoms with Crippen molar-refractivity contribution < 1.29 is 4.52 Å². The fourth-order valence-electron chi connectivity index (χ4n) is 1.85. The van der Waals surface area contributed by atoms with Crippen LogP contribution < -0.4 is 5.32 Å². The molecule has 0 amide bonds. The lowest BCUT2D eigenvalue weighted by Gasteiger charge is -2.08. The molecule has 102 valence electrons. The van der Waals surface area contributed by atoms with Crippen LogP contribution in [0.25, 0.3) is 11.3 Å². The molecule has 3 aromatic rings. The molecular formula is C15H9BrN4O. The predicted molar refractivity (Wildman–Crippen MR) is 81.9 cm³/mol. The normalized spacial score (nSPS) is 10.1. The summed E-state index contributed by atoms with van der Waals surface area (Å²) in [6, 6.07) is 13.3. The maximum absolute atomic E-state index is 8.84. The number of hydrogen-bond donors (Lipinski definition) is 1. The number of nitriles is 1. The zero-order chi connectivity index (χ0) is 14.7. The number of nitrogens with one attached hydrogen (secondary N) is 1. The van der Waals surface area contributed by atoms with Crippen LogP contribution in [0.15, 0.2) is 57.9 Å². The number of pyridine rings is 1. The Morgan fingerprint density at radius 2 is 2.14 bits per heavy atom. The standard InChI is InChI=1S/C15H9BrN4O/c16-13-6-10(8-17)9-18-15(13)19-12-3-1-2-11(7-12)14-4-5-21-20-14/h1-7,9H,(H,18,19). The second-order valence-electron chi connectivity index (χ2n) is 4.26. The number of halogens is 1. The highest BCUT2D eigenvalue weighted by molar-refractivity contribution is 9.10. The third kappa shape index (κ3) is 2.93. The lowest BCUT2D eigenvalue weighted by atomic mass is 10.1. The van der Waals surface area contributed by atoms with Crippen LogP contribution in [0.4, 0.5) is 11.5 Å². The Morgan fingerprint density at radius 3 is 2.86 bits per heavy atom. The van der Waals surface area contributed by atoms with E-state index in [2.05, 4.69) is 31.4 Å². The van der Waals surface area contributed by atoms with E-state index >= 15 is 0 Å². The predicted octanol–water partition coefficient (Wildman–Crippen LogP) is 4.11. The molecule has 1 aromatic carbocycles. The van der Waals surface area contributed by atoms with Crippen molar-refractivity contribution in [1.29, 1.82) is 5.26 Å². The molecule has 3 rings (SSSR count). The molecule has 0 unspecified atom stereocenters. The molecule has 2 heterocycles. The molecule has 0 saturated carbocycles. The molecule has 0 atom stereocenters. The Morgan fingerprint density at radius 1 is 1.24 bits per heavy atom. The van der Waals surface area contributed by atoms with E-state index in [1.807, 2.05) is 30.3 Å². The Hall–Kier alpha value is -2.65. The third-order valence-electron chi connectivity index (χ3n) is 2.83. The van der Waals surface area contributed by atoms with Gasteiger partial charge in [0.15, 0.2) is 0 Å². The van der Waals surface area contributed by atoms with Crippen molar-refractivity contribution in [1.82, 2.24) is 10.1 Å². The van der Waals surface area contributed by atoms with E-state index in [1.54, 1.807) is 12.1 Å². The number of nitrogens with zero attached hydrogens (tertiary/aromatic N) is 3. The van der Waals surface area contributed by atoms with E-state index in [1.165, 1.54) is 12.5 Å². The summed E-state index contributed by atoms with van der Waals surface area (Å²) in [6.07, 6.45) is 3.06. The summed E-state index contributed by atoms with van der Waals surface area (Å²) in [5, 5.41) is 15.9. The van der Waals surface area contributed by atoms with Crippen molar-refractivity contribution in [2.45, 2.75) is 0 Å². The lowest BCUT2D eigenvalue weighted by molar-refractivity contribution is 0.422. The van der Waals surface area contributed by atoms with E-state index in [9.17, 15) is 0 Å². The second-order valence-corrected chi connectivity index (χ2v) is 5.11. The molecule has 0 bridgehead atoms. The van der Waals surface area contributed by atoms with Crippen molar-refractivity contribution in [2.24, 2.45) is 0 Å². The number of rotatable bonds is 3. The zero-order valence-corrected chi connectivity index (χ0v) is 12.3. The molecular weight excluding hydrogens is 332 g/mol. The van der Waals surface area contributed by atoms with Crippen molar-refractivity contribution in [3.63, 3.8) is 0 Å². The van der Waals surface area contributed by atoms with Gasteiger partial charge in [-0.2, -0.15) is 5.26 Å². The first-order valence-electron chi connectivity index (χ1n) is 6.10. The summed E-state index contributed by atoms with van der Waals surface area (Å²) >= 11 is 3.40. The highest BCUT2D eigenvalue weighted by Gasteiger charge is 2.06. The third-order valence-corrected chi connectivity index (χ3v) is 3.43. The SMILES string of the molecule is N#Cc1cnc(Nc2cccc(-c3ccon3)c2)c(Br)c1. The summed E-state index contributed by atoms with van der Waals surface area (Å²) in [7, 11) is 0. The van der Waals surface area contributed by atoms with Gasteiger partial charge in [-0.3, -0.25) is 0 Å². The Labute approximate surface area is 129 Å². The summed E-state index contributed by atoms with van der Waals surface area (Å²) in [4.78, 5) is 4.22. The lowest BCUT2D eigenvalue weighted by Crippen LogP contribution is -1.95. The molecule has 0 aliphatic rings. The topological polar surface area (TPSA) is 74.7 Å². The van der Waals surface area contributed by atoms with Gasteiger partial charge in [-0.05, 0) is 34.1 Å². The number of anilines is 2. The van der Waals surface area contributed by atoms with Gasteiger partial charge in [0, 0.05) is 23.5 Å². The number of benzene rings is 1. The van der Waals surface area contributed by atoms with Crippen molar-refractivity contribution in [3.8, 4) is 17.3 Å². The van der Waals surface area contributed by atoms with Crippen molar-refractivity contribution in [2.75, 3.05) is 5.32 Å². The van der Waals surface area contributed by atoms with E-state index in [4.69, 9.17) is 9.78 Å². The van der Waals surface area contributed by atoms with Crippen LogP contribution in [-0.2, 0) is 0 Å². The first-order valence-corrected chi connectivity index (χ1v) is 6.89. The average Bonchev–Trinajstić information content (AvgIpc) is 3.04. The minimum Gasteiger partial charge on any atom is -0.364 e. The Balaban J connectivity index is 1.89. The van der Waals surface area contributed by atoms with Crippen molar-refractivity contribution in [3.05, 3.63) is 58.9 Å². The molecule has 0 radical (unpaired) electrons. The van der Waals surface area contributed by atoms with Crippen molar-refractivity contribution >= 4 is 27.4 Å². The van der Waals surface area contributed by atoms with Gasteiger partial charge in [-0.1, -0.05) is 17.3 Å². The summed E-state index contributed by atoms with van der Waals surface area (Å²) in [5.41, 5.74) is 3.08. The van der Waals surface area contributed by atoms with E-state index < -0.39 is 0 Å². The maximum atomic E-state index is 8.84. The van der Waals surface area contributed by atoms with Crippen LogP contribution in [0.5, 0.6) is 0 Å². The number of aromatic nitrogens is 2. The monoisotopic (exact) mass is 340 g/mol. The quantitative estimate of drug-likeness (QED) is 0.776. The van der Waals surface area contributed by atoms with Gasteiger partial charge in [0.05, 0.1) is 10.0 Å². The summed E-state index contributed by atoms with van der Waals surface area (Å²) in [5.74, 6) is 0.645. The molecule has 6 heteroatoms. The molecule has 0 aliphatic carbocycles. The molecule has 2 aromatic heterocycles. The second kappa shape index (κ2) is 5.77. The molecule has 21 heavy (non-hydrogen) atoms. The van der Waals surface area contributed by atoms with Gasteiger partial charge >= 0.3 is 0 Å². The van der Waals surface area contributed by atoms with E-state index in [-0.39, 0.29) is 0 Å². The highest BCUT2D eigenvalue weighted by atomic mass is 79.9. The molecule has 0 saturated heterocycles. The minimum absolute atomic E-state index is 0.503. The van der Waals surface area contributed by atoms with Gasteiger partial charge in [0.1, 0.15) is 23.8 Å². The van der Waals surface area contributed by atoms with Crippen LogP contribution in [0.3, 0.4) is 0 Å². The molecule has 0 aliphatic heterocycles. The first kappa shape index (κ1) is 13.3. The zero-order valence-electron chi connectivity index (χ0n) is 10.7. The minimum atomic E-state index is 0.503. The molecule has 0 spiro atoms. The highest BCUT2D eigenvalue weighted by Crippen LogP contribution is 2.27. The van der Waals surface area contributed by atoms with Gasteiger partial charge in [0.25, 0.3) is 0 Å². The van der Waals surface area contributed by atoms with Gasteiger partial charge in [-0.25, -0.2) is 4.98 Å². The molecule has 5 nitrogen and oxygen atoms in total. The molecule has 0 fully saturated rings. The van der Waals surface area contributed by atoms with Crippen LogP contribution in [0.2, 0.25) is 0 Å². The average molecular weight is 341 g/mol. The Kier molecular flexibility index (Phi) is 3.67. The maximum Gasteiger partial charge on any atom is 0.144 e. The number of hydrogen-bond acceptors (Lipinski definition) is 5. The fourth-order valence-corrected chi connectivity index (χ4v) is 2.29. The van der Waals surface area contributed by atoms with Crippen LogP contribution in [0.1, 0.15) is 5.56 Å². The molecule has 1 N–H and O–H groups in total. The van der Waals surface area contributed by atoms with Crippen LogP contribution in [0, 0.1) is 11.3 Å². The van der Waals surface area contributed by atoms with Gasteiger partial charge < -0.3 is 9.84 Å². The first-order chi connectivity index (χ1) is 10.3. The van der Waals surface area contributed by atoms with Crippen LogP contribution in [-0.4, -0.2) is 10.1 Å². The van der Waals surface area contributed by atoms with E-state index in [0.717, 1.165) is 21.4 Å². The van der Waals surface area contributed by atoms with Crippen LogP contribution >= 0.6 is 15.9 Å². The van der Waals surface area contributed by atoms with E-state index in [0.29, 0.717) is 11.4 Å². The summed E-state index contributed by atoms with van der Waals surface area (Å²) in [6.45, 7) is 0. The summed E-state index contributed by atoms with van der Waals surface area (Å²) < 4.78 is 5.58.